The quantitative estimate of drug-likeness (QED) is 0.554. The Morgan fingerprint density at radius 1 is 1.22 bits per heavy atom. The Kier molecular flexibility index (Phi) is 5.02. The van der Waals surface area contributed by atoms with Gasteiger partial charge in [-0.3, -0.25) is 0 Å². The Morgan fingerprint density at radius 2 is 1.83 bits per heavy atom. The van der Waals surface area contributed by atoms with Crippen LogP contribution in [0.25, 0.3) is 5.76 Å². The minimum Gasteiger partial charge on any atom is -0.544 e. The molecule has 0 fully saturated rings. The van der Waals surface area contributed by atoms with Crippen molar-refractivity contribution in [2.24, 2.45) is 5.92 Å². The van der Waals surface area contributed by atoms with Gasteiger partial charge in [-0.1, -0.05) is 32.6 Å². The van der Waals surface area contributed by atoms with Crippen LogP contribution in [-0.2, 0) is 4.43 Å². The molecule has 2 nitrogen and oxygen atoms in total. The molecule has 0 aliphatic rings. The van der Waals surface area contributed by atoms with E-state index in [0.717, 1.165) is 11.3 Å². The van der Waals surface area contributed by atoms with Crippen LogP contribution in [0.4, 0.5) is 0 Å². The van der Waals surface area contributed by atoms with Crippen molar-refractivity contribution < 1.29 is 9.16 Å². The van der Waals surface area contributed by atoms with E-state index in [0.29, 0.717) is 18.3 Å². The van der Waals surface area contributed by atoms with Gasteiger partial charge in [0.05, 0.1) is 12.2 Å². The van der Waals surface area contributed by atoms with Gasteiger partial charge in [0.2, 0.25) is 8.32 Å². The second-order valence-corrected chi connectivity index (χ2v) is 10.3. The predicted molar refractivity (Wildman–Crippen MR) is 80.2 cm³/mol. The summed E-state index contributed by atoms with van der Waals surface area (Å²) in [6.07, 6.45) is 0. The molecule has 1 rings (SSSR count). The highest BCUT2D eigenvalue weighted by Crippen LogP contribution is 2.28. The molecule has 0 unspecified atom stereocenters. The molecule has 0 aromatic heterocycles. The first-order valence-corrected chi connectivity index (χ1v) is 9.80. The van der Waals surface area contributed by atoms with Gasteiger partial charge in [0.15, 0.2) is 0 Å². The summed E-state index contributed by atoms with van der Waals surface area (Å²) in [6, 6.07) is 7.92. The first kappa shape index (κ1) is 14.8. The summed E-state index contributed by atoms with van der Waals surface area (Å²) in [6.45, 7) is 15.5. The van der Waals surface area contributed by atoms with Gasteiger partial charge in [-0.25, -0.2) is 0 Å². The van der Waals surface area contributed by atoms with Crippen molar-refractivity contribution in [1.29, 1.82) is 0 Å². The van der Waals surface area contributed by atoms with Gasteiger partial charge in [-0.2, -0.15) is 0 Å². The van der Waals surface area contributed by atoms with Gasteiger partial charge in [-0.15, -0.1) is 0 Å². The zero-order chi connectivity index (χ0) is 13.8. The summed E-state index contributed by atoms with van der Waals surface area (Å²) in [5, 5.41) is 0. The summed E-state index contributed by atoms with van der Waals surface area (Å²) in [5.41, 5.74) is 0.959. The maximum absolute atomic E-state index is 5.94. The molecule has 0 saturated carbocycles. The lowest BCUT2D eigenvalue weighted by Crippen LogP contribution is -2.24. The third-order valence-electron chi connectivity index (χ3n) is 2.19. The molecule has 0 atom stereocenters. The predicted octanol–water partition coefficient (Wildman–Crippen LogP) is 4.54. The van der Waals surface area contributed by atoms with E-state index in [9.17, 15) is 0 Å². The van der Waals surface area contributed by atoms with E-state index in [-0.39, 0.29) is 0 Å². The zero-order valence-corrected chi connectivity index (χ0v) is 13.1. The Balaban J connectivity index is 2.84. The van der Waals surface area contributed by atoms with Crippen LogP contribution in [0.1, 0.15) is 19.4 Å². The van der Waals surface area contributed by atoms with Crippen LogP contribution in [-0.4, -0.2) is 14.9 Å². The van der Waals surface area contributed by atoms with Crippen molar-refractivity contribution in [2.45, 2.75) is 33.5 Å². The molecular formula is C15H24O2Si. The second kappa shape index (κ2) is 6.09. The Labute approximate surface area is 112 Å². The van der Waals surface area contributed by atoms with E-state index < -0.39 is 8.32 Å². The van der Waals surface area contributed by atoms with Gasteiger partial charge in [0, 0.05) is 0 Å². The summed E-state index contributed by atoms with van der Waals surface area (Å²) in [4.78, 5) is 0. The van der Waals surface area contributed by atoms with E-state index in [4.69, 9.17) is 9.16 Å². The molecule has 0 N–H and O–H groups in total. The van der Waals surface area contributed by atoms with Gasteiger partial charge in [-0.05, 0) is 37.7 Å². The van der Waals surface area contributed by atoms with Crippen molar-refractivity contribution in [3.63, 3.8) is 0 Å². The van der Waals surface area contributed by atoms with Crippen LogP contribution < -0.4 is 4.74 Å². The minimum absolute atomic E-state index is 0.504. The number of para-hydroxylation sites is 1. The van der Waals surface area contributed by atoms with Crippen molar-refractivity contribution in [2.75, 3.05) is 6.61 Å². The van der Waals surface area contributed by atoms with Gasteiger partial charge < -0.3 is 9.16 Å². The van der Waals surface area contributed by atoms with E-state index >= 15 is 0 Å². The molecule has 0 amide bonds. The average molecular weight is 264 g/mol. The fraction of sp³-hybridized carbons (Fsp3) is 0.467. The van der Waals surface area contributed by atoms with Crippen LogP contribution in [0.15, 0.2) is 30.8 Å². The third-order valence-corrected chi connectivity index (χ3v) is 3.05. The van der Waals surface area contributed by atoms with Crippen LogP contribution >= 0.6 is 0 Å². The fourth-order valence-electron chi connectivity index (χ4n) is 1.50. The van der Waals surface area contributed by atoms with Crippen molar-refractivity contribution in [3.8, 4) is 5.75 Å². The van der Waals surface area contributed by atoms with E-state index in [1.54, 1.807) is 0 Å². The van der Waals surface area contributed by atoms with Crippen molar-refractivity contribution in [1.82, 2.24) is 0 Å². The number of benzene rings is 1. The molecule has 0 aliphatic heterocycles. The molecule has 0 saturated heterocycles. The average Bonchev–Trinajstić information content (AvgIpc) is 2.24. The van der Waals surface area contributed by atoms with Crippen LogP contribution in [0.3, 0.4) is 0 Å². The van der Waals surface area contributed by atoms with E-state index in [1.165, 1.54) is 0 Å². The highest BCUT2D eigenvalue weighted by atomic mass is 28.4. The molecule has 1 aromatic carbocycles. The molecule has 3 heteroatoms. The molecule has 1 aromatic rings. The molecular weight excluding hydrogens is 240 g/mol. The third kappa shape index (κ3) is 4.96. The van der Waals surface area contributed by atoms with E-state index in [1.807, 2.05) is 24.3 Å². The molecule has 18 heavy (non-hydrogen) atoms. The number of ether oxygens (including phenoxy) is 1. The molecule has 0 bridgehead atoms. The molecule has 100 valence electrons. The Morgan fingerprint density at radius 3 is 2.39 bits per heavy atom. The van der Waals surface area contributed by atoms with Gasteiger partial charge in [0.25, 0.3) is 0 Å². The summed E-state index contributed by atoms with van der Waals surface area (Å²) >= 11 is 0. The topological polar surface area (TPSA) is 18.5 Å². The number of hydrogen-bond acceptors (Lipinski definition) is 2. The Hall–Kier alpha value is -1.22. The van der Waals surface area contributed by atoms with Gasteiger partial charge in [0.1, 0.15) is 11.5 Å². The normalized spacial score (nSPS) is 11.4. The smallest absolute Gasteiger partial charge is 0.242 e. The van der Waals surface area contributed by atoms with Crippen molar-refractivity contribution in [3.05, 3.63) is 36.4 Å². The molecule has 0 radical (unpaired) electrons. The van der Waals surface area contributed by atoms with Gasteiger partial charge >= 0.3 is 0 Å². The number of rotatable bonds is 6. The monoisotopic (exact) mass is 264 g/mol. The van der Waals surface area contributed by atoms with Crippen LogP contribution in [0.5, 0.6) is 5.75 Å². The maximum atomic E-state index is 5.94. The van der Waals surface area contributed by atoms with E-state index in [2.05, 4.69) is 40.1 Å². The minimum atomic E-state index is -1.63. The summed E-state index contributed by atoms with van der Waals surface area (Å²) in [7, 11) is -1.63. The fourth-order valence-corrected chi connectivity index (χ4v) is 2.35. The van der Waals surface area contributed by atoms with Crippen molar-refractivity contribution >= 4 is 14.1 Å². The zero-order valence-electron chi connectivity index (χ0n) is 12.1. The van der Waals surface area contributed by atoms with Crippen LogP contribution in [0, 0.1) is 5.92 Å². The molecule has 0 spiro atoms. The lowest BCUT2D eigenvalue weighted by Gasteiger charge is -2.22. The second-order valence-electron chi connectivity index (χ2n) is 5.84. The highest BCUT2D eigenvalue weighted by Gasteiger charge is 2.19. The summed E-state index contributed by atoms with van der Waals surface area (Å²) in [5.74, 6) is 2.08. The maximum Gasteiger partial charge on any atom is 0.242 e. The highest BCUT2D eigenvalue weighted by molar-refractivity contribution is 6.70. The molecule has 0 aliphatic carbocycles. The lowest BCUT2D eigenvalue weighted by atomic mass is 10.1. The summed E-state index contributed by atoms with van der Waals surface area (Å²) < 4.78 is 11.7. The first-order valence-electron chi connectivity index (χ1n) is 6.39. The SMILES string of the molecule is C=C(O[Si](C)(C)C)c1ccccc1OCC(C)C. The lowest BCUT2D eigenvalue weighted by molar-refractivity contribution is 0.269. The van der Waals surface area contributed by atoms with Crippen LogP contribution in [0.2, 0.25) is 19.6 Å². The first-order chi connectivity index (χ1) is 8.29. The standard InChI is InChI=1S/C15H24O2Si/c1-12(2)11-16-15-10-8-7-9-14(15)13(3)17-18(4,5)6/h7-10,12H,3,11H2,1-2,4-6H3. The largest absolute Gasteiger partial charge is 0.544 e. The number of hydrogen-bond donors (Lipinski definition) is 0. The molecule has 0 heterocycles. The Bertz CT molecular complexity index is 405.